The summed E-state index contributed by atoms with van der Waals surface area (Å²) < 4.78 is 0. The Morgan fingerprint density at radius 1 is 0.410 bits per heavy atom. The third-order valence-corrected chi connectivity index (χ3v) is 7.32. The fraction of sp³-hybridized carbons (Fsp3) is 0. The summed E-state index contributed by atoms with van der Waals surface area (Å²) in [5, 5.41) is 5.54. The van der Waals surface area contributed by atoms with Gasteiger partial charge in [-0.05, 0) is 63.0 Å². The van der Waals surface area contributed by atoms with Crippen LogP contribution in [0.15, 0.2) is 140 Å². The molecule has 0 radical (unpaired) electrons. The van der Waals surface area contributed by atoms with Gasteiger partial charge in [0.05, 0.1) is 11.4 Å². The van der Waals surface area contributed by atoms with Gasteiger partial charge in [0.15, 0.2) is 5.82 Å². The number of nitrogens with zero attached hydrogens (tertiary/aromatic N) is 2. The summed E-state index contributed by atoms with van der Waals surface area (Å²) in [4.78, 5) is 9.95. The van der Waals surface area contributed by atoms with Crippen molar-refractivity contribution in [2.75, 3.05) is 0 Å². The molecular formula is C36H23ClN2. The molecule has 0 amide bonds. The van der Waals surface area contributed by atoms with Gasteiger partial charge in [-0.3, -0.25) is 0 Å². The number of hydrogen-bond acceptors (Lipinski definition) is 2. The van der Waals surface area contributed by atoms with Crippen LogP contribution in [-0.4, -0.2) is 9.97 Å². The van der Waals surface area contributed by atoms with Crippen LogP contribution in [0.25, 0.3) is 66.6 Å². The van der Waals surface area contributed by atoms with Crippen LogP contribution in [0.2, 0.25) is 5.02 Å². The van der Waals surface area contributed by atoms with E-state index >= 15 is 0 Å². The third-order valence-electron chi connectivity index (χ3n) is 7.10. The second kappa shape index (κ2) is 9.83. The van der Waals surface area contributed by atoms with Crippen molar-refractivity contribution in [2.24, 2.45) is 0 Å². The van der Waals surface area contributed by atoms with E-state index in [0.29, 0.717) is 10.8 Å². The van der Waals surface area contributed by atoms with Gasteiger partial charge >= 0.3 is 0 Å². The highest BCUT2D eigenvalue weighted by atomic mass is 35.5. The van der Waals surface area contributed by atoms with Crippen molar-refractivity contribution >= 4 is 33.1 Å². The Morgan fingerprint density at radius 2 is 0.974 bits per heavy atom. The highest BCUT2D eigenvalue weighted by Gasteiger charge is 2.14. The van der Waals surface area contributed by atoms with Gasteiger partial charge < -0.3 is 0 Å². The van der Waals surface area contributed by atoms with E-state index < -0.39 is 0 Å². The van der Waals surface area contributed by atoms with Crippen molar-refractivity contribution in [1.82, 2.24) is 9.97 Å². The molecule has 0 aliphatic carbocycles. The monoisotopic (exact) mass is 518 g/mol. The molecule has 0 saturated carbocycles. The summed E-state index contributed by atoms with van der Waals surface area (Å²) >= 11 is 6.79. The molecule has 6 aromatic carbocycles. The molecule has 7 aromatic rings. The third kappa shape index (κ3) is 4.46. The Hall–Kier alpha value is -4.79. The van der Waals surface area contributed by atoms with Crippen molar-refractivity contribution in [3.63, 3.8) is 0 Å². The molecule has 0 aliphatic rings. The zero-order valence-corrected chi connectivity index (χ0v) is 21.8. The maximum Gasteiger partial charge on any atom is 0.160 e. The van der Waals surface area contributed by atoms with Gasteiger partial charge in [-0.25, -0.2) is 9.97 Å². The molecule has 0 N–H and O–H groups in total. The molecule has 0 fully saturated rings. The molecule has 0 aliphatic heterocycles. The van der Waals surface area contributed by atoms with E-state index in [9.17, 15) is 0 Å². The molecule has 0 atom stereocenters. The lowest BCUT2D eigenvalue weighted by atomic mass is 9.92. The van der Waals surface area contributed by atoms with Crippen molar-refractivity contribution in [1.29, 1.82) is 0 Å². The van der Waals surface area contributed by atoms with Crippen LogP contribution < -0.4 is 0 Å². The molecule has 1 heterocycles. The number of benzene rings is 6. The zero-order chi connectivity index (χ0) is 26.2. The second-order valence-corrected chi connectivity index (χ2v) is 10.0. The lowest BCUT2D eigenvalue weighted by Gasteiger charge is -2.14. The quantitative estimate of drug-likeness (QED) is 0.216. The van der Waals surface area contributed by atoms with Crippen LogP contribution >= 0.6 is 11.6 Å². The van der Waals surface area contributed by atoms with Crippen molar-refractivity contribution < 1.29 is 0 Å². The molecule has 184 valence electrons. The second-order valence-electron chi connectivity index (χ2n) is 9.61. The van der Waals surface area contributed by atoms with Crippen molar-refractivity contribution in [3.8, 4) is 45.0 Å². The predicted octanol–water partition coefficient (Wildman–Crippen LogP) is 10.1. The van der Waals surface area contributed by atoms with E-state index in [1.54, 1.807) is 0 Å². The Labute approximate surface area is 232 Å². The van der Waals surface area contributed by atoms with E-state index in [1.165, 1.54) is 21.5 Å². The van der Waals surface area contributed by atoms with E-state index in [0.717, 1.165) is 39.2 Å². The van der Waals surface area contributed by atoms with Crippen molar-refractivity contribution in [2.45, 2.75) is 0 Å². The summed E-state index contributed by atoms with van der Waals surface area (Å²) in [6.45, 7) is 0. The van der Waals surface area contributed by atoms with Gasteiger partial charge in [0.25, 0.3) is 0 Å². The lowest BCUT2D eigenvalue weighted by Crippen LogP contribution is -1.96. The lowest BCUT2D eigenvalue weighted by molar-refractivity contribution is 1.18. The molecule has 7 rings (SSSR count). The van der Waals surface area contributed by atoms with Gasteiger partial charge in [-0.2, -0.15) is 0 Å². The fourth-order valence-corrected chi connectivity index (χ4v) is 5.49. The molecule has 1 aromatic heterocycles. The molecular weight excluding hydrogens is 496 g/mol. The maximum atomic E-state index is 6.79. The molecule has 0 unspecified atom stereocenters. The van der Waals surface area contributed by atoms with Crippen LogP contribution in [0.5, 0.6) is 0 Å². The van der Waals surface area contributed by atoms with Gasteiger partial charge in [-0.15, -0.1) is 0 Å². The van der Waals surface area contributed by atoms with Gasteiger partial charge in [0.2, 0.25) is 0 Å². The Bertz CT molecular complexity index is 1910. The average Bonchev–Trinajstić information content (AvgIpc) is 3.01. The number of halogens is 1. The van der Waals surface area contributed by atoms with Gasteiger partial charge in [0, 0.05) is 21.7 Å². The minimum Gasteiger partial charge on any atom is -0.228 e. The predicted molar refractivity (Wildman–Crippen MR) is 164 cm³/mol. The first-order chi connectivity index (χ1) is 19.2. The Morgan fingerprint density at radius 3 is 1.72 bits per heavy atom. The van der Waals surface area contributed by atoms with Gasteiger partial charge in [-0.1, -0.05) is 121 Å². The largest absolute Gasteiger partial charge is 0.228 e. The SMILES string of the molecule is Clc1cc(-c2cc(-c3ccccc3)nc(-c3ccccc3)n2)cc(-c2cc3ccccc3c3ccccc23)c1. The van der Waals surface area contributed by atoms with E-state index in [2.05, 4.69) is 78.9 Å². The number of hydrogen-bond donors (Lipinski definition) is 0. The normalized spacial score (nSPS) is 11.2. The van der Waals surface area contributed by atoms with Crippen LogP contribution in [-0.2, 0) is 0 Å². The first kappa shape index (κ1) is 23.3. The molecule has 0 bridgehead atoms. The molecule has 2 nitrogen and oxygen atoms in total. The molecule has 0 saturated heterocycles. The van der Waals surface area contributed by atoms with Crippen LogP contribution in [0.1, 0.15) is 0 Å². The van der Waals surface area contributed by atoms with E-state index in [4.69, 9.17) is 21.6 Å². The van der Waals surface area contributed by atoms with Crippen LogP contribution in [0.4, 0.5) is 0 Å². The van der Waals surface area contributed by atoms with Crippen LogP contribution in [0.3, 0.4) is 0 Å². The van der Waals surface area contributed by atoms with E-state index in [-0.39, 0.29) is 0 Å². The number of rotatable bonds is 4. The molecule has 0 spiro atoms. The van der Waals surface area contributed by atoms with Crippen molar-refractivity contribution in [3.05, 3.63) is 145 Å². The number of aromatic nitrogens is 2. The summed E-state index contributed by atoms with van der Waals surface area (Å²) in [5.41, 5.74) is 6.87. The Balaban J connectivity index is 1.45. The standard InChI is InChI=1S/C36H23ClN2/c37-29-20-27(33-22-26-15-7-8-16-30(26)31-17-9-10-18-32(31)33)19-28(21-29)35-23-34(24-11-3-1-4-12-24)38-36(39-35)25-13-5-2-6-14-25/h1-23H. The van der Waals surface area contributed by atoms with Gasteiger partial charge in [0.1, 0.15) is 0 Å². The first-order valence-electron chi connectivity index (χ1n) is 12.9. The van der Waals surface area contributed by atoms with E-state index in [1.807, 2.05) is 60.7 Å². The highest BCUT2D eigenvalue weighted by Crippen LogP contribution is 2.38. The average molecular weight is 519 g/mol. The number of fused-ring (bicyclic) bond motifs is 3. The maximum absolute atomic E-state index is 6.79. The topological polar surface area (TPSA) is 25.8 Å². The fourth-order valence-electron chi connectivity index (χ4n) is 5.25. The first-order valence-corrected chi connectivity index (χ1v) is 13.3. The zero-order valence-electron chi connectivity index (χ0n) is 21.1. The minimum atomic E-state index is 0.667. The summed E-state index contributed by atoms with van der Waals surface area (Å²) in [6, 6.07) is 47.9. The smallest absolute Gasteiger partial charge is 0.160 e. The summed E-state index contributed by atoms with van der Waals surface area (Å²) in [5.74, 6) is 0.685. The highest BCUT2D eigenvalue weighted by molar-refractivity contribution is 6.31. The summed E-state index contributed by atoms with van der Waals surface area (Å²) in [6.07, 6.45) is 0. The minimum absolute atomic E-state index is 0.667. The van der Waals surface area contributed by atoms with Crippen LogP contribution in [0, 0.1) is 0 Å². The molecule has 3 heteroatoms. The Kier molecular flexibility index (Phi) is 5.88. The molecule has 39 heavy (non-hydrogen) atoms. The summed E-state index contributed by atoms with van der Waals surface area (Å²) in [7, 11) is 0.